The maximum Gasteiger partial charge on any atom is 0.125 e. The summed E-state index contributed by atoms with van der Waals surface area (Å²) in [5.41, 5.74) is 3.22. The molecule has 0 aliphatic rings. The molecule has 2 nitrogen and oxygen atoms in total. The zero-order valence-electron chi connectivity index (χ0n) is 9.02. The van der Waals surface area contributed by atoms with E-state index in [4.69, 9.17) is 16.3 Å². The Labute approximate surface area is 90.2 Å². The van der Waals surface area contributed by atoms with Crippen LogP contribution in [0.25, 0.3) is 0 Å². The largest absolute Gasteiger partial charge is 0.496 e. The van der Waals surface area contributed by atoms with Crippen molar-refractivity contribution in [2.45, 2.75) is 19.3 Å². The predicted molar refractivity (Wildman–Crippen MR) is 60.1 cm³/mol. The molecule has 1 atom stereocenters. The van der Waals surface area contributed by atoms with Crippen molar-refractivity contribution < 1.29 is 4.74 Å². The molecule has 0 spiro atoms. The van der Waals surface area contributed by atoms with Gasteiger partial charge in [0.05, 0.1) is 7.11 Å². The molecule has 0 heterocycles. The maximum atomic E-state index is 6.11. The number of alkyl halides is 1. The van der Waals surface area contributed by atoms with Crippen LogP contribution in [0.15, 0.2) is 12.1 Å². The summed E-state index contributed by atoms with van der Waals surface area (Å²) >= 11 is 6.11. The molecule has 1 N–H and O–H groups in total. The summed E-state index contributed by atoms with van der Waals surface area (Å²) in [6, 6.07) is 4.07. The Bertz CT molecular complexity index is 325. The van der Waals surface area contributed by atoms with Gasteiger partial charge in [-0.2, -0.15) is 0 Å². The highest BCUT2D eigenvalue weighted by Gasteiger charge is 2.12. The first-order chi connectivity index (χ1) is 6.60. The van der Waals surface area contributed by atoms with Gasteiger partial charge in [-0.05, 0) is 44.2 Å². The van der Waals surface area contributed by atoms with Crippen LogP contribution < -0.4 is 10.1 Å². The summed E-state index contributed by atoms with van der Waals surface area (Å²) in [6.45, 7) is 4.13. The first-order valence-electron chi connectivity index (χ1n) is 4.56. The van der Waals surface area contributed by atoms with E-state index in [0.717, 1.165) is 11.3 Å². The molecule has 0 aromatic heterocycles. The van der Waals surface area contributed by atoms with Crippen molar-refractivity contribution in [1.29, 1.82) is 0 Å². The van der Waals surface area contributed by atoms with Crippen LogP contribution >= 0.6 is 11.6 Å². The summed E-state index contributed by atoms with van der Waals surface area (Å²) in [5.74, 6) is 0.836. The molecule has 1 aromatic rings. The van der Waals surface area contributed by atoms with Crippen molar-refractivity contribution in [1.82, 2.24) is 5.32 Å². The molecule has 0 saturated heterocycles. The number of hydrogen-bond acceptors (Lipinski definition) is 2. The van der Waals surface area contributed by atoms with Crippen molar-refractivity contribution in [2.75, 3.05) is 14.2 Å². The smallest absolute Gasteiger partial charge is 0.125 e. The second kappa shape index (κ2) is 4.67. The van der Waals surface area contributed by atoms with Gasteiger partial charge in [-0.25, -0.2) is 0 Å². The predicted octanol–water partition coefficient (Wildman–Crippen LogP) is 2.77. The summed E-state index contributed by atoms with van der Waals surface area (Å²) in [7, 11) is 3.49. The molecular weight excluding hydrogens is 198 g/mol. The Morgan fingerprint density at radius 2 is 1.86 bits per heavy atom. The van der Waals surface area contributed by atoms with Gasteiger partial charge in [0.15, 0.2) is 0 Å². The van der Waals surface area contributed by atoms with Crippen molar-refractivity contribution in [3.05, 3.63) is 28.8 Å². The topological polar surface area (TPSA) is 21.3 Å². The van der Waals surface area contributed by atoms with Crippen LogP contribution in [0.3, 0.4) is 0 Å². The Kier molecular flexibility index (Phi) is 3.78. The summed E-state index contributed by atoms with van der Waals surface area (Å²) in [5, 5.41) is 2.99. The fraction of sp³-hybridized carbons (Fsp3) is 0.455. The Balaban J connectivity index is 3.19. The van der Waals surface area contributed by atoms with E-state index >= 15 is 0 Å². The number of ether oxygens (including phenoxy) is 1. The van der Waals surface area contributed by atoms with Gasteiger partial charge in [0.1, 0.15) is 11.3 Å². The average molecular weight is 214 g/mol. The van der Waals surface area contributed by atoms with Crippen LogP contribution in [-0.4, -0.2) is 14.2 Å². The summed E-state index contributed by atoms with van der Waals surface area (Å²) in [4.78, 5) is 0. The van der Waals surface area contributed by atoms with Gasteiger partial charge in [-0.1, -0.05) is 0 Å². The minimum Gasteiger partial charge on any atom is -0.496 e. The average Bonchev–Trinajstić information content (AvgIpc) is 2.20. The molecule has 1 unspecified atom stereocenters. The first kappa shape index (κ1) is 11.3. The van der Waals surface area contributed by atoms with Crippen molar-refractivity contribution in [2.24, 2.45) is 0 Å². The standard InChI is InChI=1S/C11H16ClNO/c1-7-5-9(11(12)13-3)10(14-4)6-8(7)2/h5-6,11,13H,1-4H3. The number of hydrogen-bond donors (Lipinski definition) is 1. The number of rotatable bonds is 3. The van der Waals surface area contributed by atoms with Crippen LogP contribution in [0.2, 0.25) is 0 Å². The SMILES string of the molecule is CNC(Cl)c1cc(C)c(C)cc1OC. The van der Waals surface area contributed by atoms with Crippen molar-refractivity contribution >= 4 is 11.6 Å². The highest BCUT2D eigenvalue weighted by molar-refractivity contribution is 6.20. The Morgan fingerprint density at radius 3 is 2.36 bits per heavy atom. The van der Waals surface area contributed by atoms with Gasteiger partial charge in [0.25, 0.3) is 0 Å². The third-order valence-corrected chi connectivity index (χ3v) is 2.83. The van der Waals surface area contributed by atoms with Gasteiger partial charge in [-0.15, -0.1) is 11.6 Å². The number of benzene rings is 1. The van der Waals surface area contributed by atoms with E-state index in [-0.39, 0.29) is 5.50 Å². The lowest BCUT2D eigenvalue weighted by molar-refractivity contribution is 0.407. The zero-order chi connectivity index (χ0) is 10.7. The van der Waals surface area contributed by atoms with Gasteiger partial charge < -0.3 is 10.1 Å². The highest BCUT2D eigenvalue weighted by atomic mass is 35.5. The van der Waals surface area contributed by atoms with Crippen LogP contribution in [-0.2, 0) is 0 Å². The molecule has 0 aliphatic heterocycles. The molecule has 0 amide bonds. The van der Waals surface area contributed by atoms with Gasteiger partial charge in [0, 0.05) is 5.56 Å². The molecule has 0 fully saturated rings. The Hall–Kier alpha value is -0.730. The van der Waals surface area contributed by atoms with Crippen LogP contribution in [0, 0.1) is 13.8 Å². The normalized spacial score (nSPS) is 12.6. The van der Waals surface area contributed by atoms with Gasteiger partial charge >= 0.3 is 0 Å². The van der Waals surface area contributed by atoms with Gasteiger partial charge in [0.2, 0.25) is 0 Å². The minimum atomic E-state index is -0.204. The fourth-order valence-corrected chi connectivity index (χ4v) is 1.51. The lowest BCUT2D eigenvalue weighted by atomic mass is 10.0. The van der Waals surface area contributed by atoms with E-state index in [1.54, 1.807) is 7.11 Å². The molecule has 78 valence electrons. The third-order valence-electron chi connectivity index (χ3n) is 2.37. The zero-order valence-corrected chi connectivity index (χ0v) is 9.77. The lowest BCUT2D eigenvalue weighted by Crippen LogP contribution is -2.11. The molecule has 3 heteroatoms. The molecule has 14 heavy (non-hydrogen) atoms. The lowest BCUT2D eigenvalue weighted by Gasteiger charge is -2.15. The minimum absolute atomic E-state index is 0.204. The first-order valence-corrected chi connectivity index (χ1v) is 5.00. The van der Waals surface area contributed by atoms with Crippen molar-refractivity contribution in [3.63, 3.8) is 0 Å². The molecular formula is C11H16ClNO. The summed E-state index contributed by atoms with van der Waals surface area (Å²) < 4.78 is 5.28. The molecule has 0 radical (unpaired) electrons. The second-order valence-corrected chi connectivity index (χ2v) is 3.77. The number of halogens is 1. The quantitative estimate of drug-likeness (QED) is 0.616. The number of nitrogens with one attached hydrogen (secondary N) is 1. The summed E-state index contributed by atoms with van der Waals surface area (Å²) in [6.07, 6.45) is 0. The van der Waals surface area contributed by atoms with Crippen LogP contribution in [0.4, 0.5) is 0 Å². The second-order valence-electron chi connectivity index (χ2n) is 3.33. The number of methoxy groups -OCH3 is 1. The molecule has 0 saturated carbocycles. The molecule has 1 rings (SSSR count). The fourth-order valence-electron chi connectivity index (χ4n) is 1.34. The maximum absolute atomic E-state index is 6.11. The van der Waals surface area contributed by atoms with E-state index in [1.807, 2.05) is 13.1 Å². The van der Waals surface area contributed by atoms with E-state index in [2.05, 4.69) is 25.2 Å². The molecule has 1 aromatic carbocycles. The van der Waals surface area contributed by atoms with E-state index in [1.165, 1.54) is 11.1 Å². The van der Waals surface area contributed by atoms with Crippen LogP contribution in [0.1, 0.15) is 22.2 Å². The van der Waals surface area contributed by atoms with E-state index in [0.29, 0.717) is 0 Å². The molecule has 0 aliphatic carbocycles. The third kappa shape index (κ3) is 2.20. The Morgan fingerprint density at radius 1 is 1.29 bits per heavy atom. The van der Waals surface area contributed by atoms with E-state index in [9.17, 15) is 0 Å². The van der Waals surface area contributed by atoms with Crippen molar-refractivity contribution in [3.8, 4) is 5.75 Å². The monoisotopic (exact) mass is 213 g/mol. The van der Waals surface area contributed by atoms with E-state index < -0.39 is 0 Å². The number of aryl methyl sites for hydroxylation is 2. The molecule has 0 bridgehead atoms. The van der Waals surface area contributed by atoms with Gasteiger partial charge in [-0.3, -0.25) is 0 Å². The highest BCUT2D eigenvalue weighted by Crippen LogP contribution is 2.30. The van der Waals surface area contributed by atoms with Crippen LogP contribution in [0.5, 0.6) is 5.75 Å².